The normalized spacial score (nSPS) is 14.4. The third-order valence-corrected chi connectivity index (χ3v) is 2.93. The monoisotopic (exact) mass is 261 g/mol. The van der Waals surface area contributed by atoms with Crippen LogP contribution in [0.5, 0.6) is 0 Å². The van der Waals surface area contributed by atoms with Gasteiger partial charge in [-0.05, 0) is 26.5 Å². The van der Waals surface area contributed by atoms with Crippen molar-refractivity contribution >= 4 is 0 Å². The van der Waals surface area contributed by atoms with E-state index >= 15 is 0 Å². The van der Waals surface area contributed by atoms with Gasteiger partial charge < -0.3 is 15.4 Å². The smallest absolute Gasteiger partial charge is 0.142 e. The summed E-state index contributed by atoms with van der Waals surface area (Å²) in [4.78, 5) is 2.03. The Morgan fingerprint density at radius 3 is 2.53 bits per heavy atom. The lowest BCUT2D eigenvalue weighted by Gasteiger charge is -2.28. The molecule has 104 valence electrons. The minimum absolute atomic E-state index is 0.223. The molecule has 4 nitrogen and oxygen atoms in total. The molecule has 0 saturated heterocycles. The van der Waals surface area contributed by atoms with Gasteiger partial charge in [0.05, 0.1) is 18.8 Å². The van der Waals surface area contributed by atoms with Crippen LogP contribution in [-0.2, 0) is 10.3 Å². The van der Waals surface area contributed by atoms with Crippen molar-refractivity contribution in [1.29, 1.82) is 5.26 Å². The van der Waals surface area contributed by atoms with Crippen molar-refractivity contribution in [3.05, 3.63) is 35.9 Å². The zero-order chi connectivity index (χ0) is 14.3. The van der Waals surface area contributed by atoms with Gasteiger partial charge in [0.2, 0.25) is 0 Å². The Kier molecular flexibility index (Phi) is 5.97. The average molecular weight is 261 g/mol. The van der Waals surface area contributed by atoms with Crippen molar-refractivity contribution in [2.75, 3.05) is 26.7 Å². The van der Waals surface area contributed by atoms with E-state index in [-0.39, 0.29) is 6.10 Å². The molecule has 0 radical (unpaired) electrons. The fraction of sp³-hybridized carbons (Fsp3) is 0.533. The van der Waals surface area contributed by atoms with Gasteiger partial charge in [0.1, 0.15) is 5.54 Å². The minimum Gasteiger partial charge on any atom is -0.377 e. The topological polar surface area (TPSA) is 62.3 Å². The first kappa shape index (κ1) is 15.6. The van der Waals surface area contributed by atoms with Gasteiger partial charge >= 0.3 is 0 Å². The van der Waals surface area contributed by atoms with E-state index in [1.54, 1.807) is 0 Å². The fourth-order valence-electron chi connectivity index (χ4n) is 1.88. The summed E-state index contributed by atoms with van der Waals surface area (Å²) in [6.45, 7) is 5.89. The second-order valence-corrected chi connectivity index (χ2v) is 5.11. The van der Waals surface area contributed by atoms with Gasteiger partial charge in [0, 0.05) is 13.1 Å². The molecule has 0 saturated carbocycles. The highest BCUT2D eigenvalue weighted by atomic mass is 16.5. The minimum atomic E-state index is -0.978. The molecule has 0 amide bonds. The van der Waals surface area contributed by atoms with Crippen molar-refractivity contribution in [2.45, 2.75) is 25.5 Å². The van der Waals surface area contributed by atoms with Gasteiger partial charge in [0.25, 0.3) is 0 Å². The highest BCUT2D eigenvalue weighted by molar-refractivity contribution is 5.31. The van der Waals surface area contributed by atoms with Crippen LogP contribution < -0.4 is 5.73 Å². The number of nitriles is 1. The van der Waals surface area contributed by atoms with Crippen molar-refractivity contribution < 1.29 is 4.74 Å². The van der Waals surface area contributed by atoms with Crippen LogP contribution in [0.3, 0.4) is 0 Å². The SMILES string of the molecule is CC(C)OCCN(C)CC(N)(C#N)c1ccccc1. The highest BCUT2D eigenvalue weighted by Gasteiger charge is 2.28. The summed E-state index contributed by atoms with van der Waals surface area (Å²) in [5.74, 6) is 0. The Balaban J connectivity index is 2.59. The van der Waals surface area contributed by atoms with Crippen LogP contribution in [0.15, 0.2) is 30.3 Å². The van der Waals surface area contributed by atoms with Crippen LogP contribution in [0.2, 0.25) is 0 Å². The number of nitrogens with two attached hydrogens (primary N) is 1. The first-order chi connectivity index (χ1) is 8.98. The van der Waals surface area contributed by atoms with Gasteiger partial charge in [-0.25, -0.2) is 0 Å². The first-order valence-electron chi connectivity index (χ1n) is 6.54. The van der Waals surface area contributed by atoms with Crippen LogP contribution in [0, 0.1) is 11.3 Å². The molecular formula is C15H23N3O. The van der Waals surface area contributed by atoms with E-state index < -0.39 is 5.54 Å². The maximum atomic E-state index is 9.37. The second-order valence-electron chi connectivity index (χ2n) is 5.11. The van der Waals surface area contributed by atoms with Crippen LogP contribution in [0.4, 0.5) is 0 Å². The molecule has 0 aliphatic carbocycles. The lowest BCUT2D eigenvalue weighted by Crippen LogP contribution is -2.46. The summed E-state index contributed by atoms with van der Waals surface area (Å²) in [6, 6.07) is 11.7. The number of likely N-dealkylation sites (N-methyl/N-ethyl adjacent to an activating group) is 1. The van der Waals surface area contributed by atoms with E-state index in [0.717, 1.165) is 12.1 Å². The zero-order valence-electron chi connectivity index (χ0n) is 12.0. The van der Waals surface area contributed by atoms with Gasteiger partial charge in [0.15, 0.2) is 0 Å². The van der Waals surface area contributed by atoms with Crippen molar-refractivity contribution in [1.82, 2.24) is 4.90 Å². The molecule has 19 heavy (non-hydrogen) atoms. The summed E-state index contributed by atoms with van der Waals surface area (Å²) < 4.78 is 5.50. The van der Waals surface area contributed by atoms with Crippen LogP contribution in [-0.4, -0.2) is 37.7 Å². The average Bonchev–Trinajstić information content (AvgIpc) is 2.39. The van der Waals surface area contributed by atoms with Gasteiger partial charge in [-0.2, -0.15) is 5.26 Å². The number of rotatable bonds is 7. The Morgan fingerprint density at radius 2 is 2.00 bits per heavy atom. The molecule has 0 spiro atoms. The van der Waals surface area contributed by atoms with E-state index in [1.807, 2.05) is 56.1 Å². The predicted octanol–water partition coefficient (Wildman–Crippen LogP) is 1.72. The van der Waals surface area contributed by atoms with Gasteiger partial charge in [-0.3, -0.25) is 0 Å². The Bertz CT molecular complexity index is 413. The Morgan fingerprint density at radius 1 is 1.37 bits per heavy atom. The number of ether oxygens (including phenoxy) is 1. The van der Waals surface area contributed by atoms with E-state index in [2.05, 4.69) is 6.07 Å². The quantitative estimate of drug-likeness (QED) is 0.812. The van der Waals surface area contributed by atoms with Gasteiger partial charge in [-0.15, -0.1) is 0 Å². The van der Waals surface area contributed by atoms with Crippen LogP contribution in [0.1, 0.15) is 19.4 Å². The molecule has 0 aromatic heterocycles. The maximum absolute atomic E-state index is 9.37. The maximum Gasteiger partial charge on any atom is 0.142 e. The molecule has 1 unspecified atom stereocenters. The molecule has 1 atom stereocenters. The Labute approximate surface area is 115 Å². The Hall–Kier alpha value is -1.41. The number of benzene rings is 1. The molecular weight excluding hydrogens is 238 g/mol. The summed E-state index contributed by atoms with van der Waals surface area (Å²) in [6.07, 6.45) is 0.223. The fourth-order valence-corrected chi connectivity index (χ4v) is 1.88. The van der Waals surface area contributed by atoms with Crippen molar-refractivity contribution in [2.24, 2.45) is 5.73 Å². The van der Waals surface area contributed by atoms with E-state index in [4.69, 9.17) is 10.5 Å². The molecule has 0 aliphatic rings. The lowest BCUT2D eigenvalue weighted by atomic mass is 9.92. The number of nitrogens with zero attached hydrogens (tertiary/aromatic N) is 2. The predicted molar refractivity (Wildman–Crippen MR) is 76.5 cm³/mol. The highest BCUT2D eigenvalue weighted by Crippen LogP contribution is 2.18. The molecule has 1 rings (SSSR count). The standard InChI is InChI=1S/C15H23N3O/c1-13(2)19-10-9-18(3)12-15(17,11-16)14-7-5-4-6-8-14/h4-8,13H,9-10,12,17H2,1-3H3. The number of hydrogen-bond donors (Lipinski definition) is 1. The molecule has 1 aromatic carbocycles. The molecule has 0 aliphatic heterocycles. The third kappa shape index (κ3) is 4.99. The second kappa shape index (κ2) is 7.25. The van der Waals surface area contributed by atoms with Crippen molar-refractivity contribution in [3.63, 3.8) is 0 Å². The third-order valence-electron chi connectivity index (χ3n) is 2.93. The van der Waals surface area contributed by atoms with E-state index in [0.29, 0.717) is 13.2 Å². The molecule has 0 fully saturated rings. The van der Waals surface area contributed by atoms with Crippen molar-refractivity contribution in [3.8, 4) is 6.07 Å². The zero-order valence-corrected chi connectivity index (χ0v) is 12.0. The molecule has 2 N–H and O–H groups in total. The summed E-state index contributed by atoms with van der Waals surface area (Å²) in [5.41, 5.74) is 6.07. The van der Waals surface area contributed by atoms with E-state index in [1.165, 1.54) is 0 Å². The molecule has 0 heterocycles. The molecule has 1 aromatic rings. The largest absolute Gasteiger partial charge is 0.377 e. The summed E-state index contributed by atoms with van der Waals surface area (Å²) in [5, 5.41) is 9.37. The summed E-state index contributed by atoms with van der Waals surface area (Å²) >= 11 is 0. The lowest BCUT2D eigenvalue weighted by molar-refractivity contribution is 0.0615. The van der Waals surface area contributed by atoms with E-state index in [9.17, 15) is 5.26 Å². The van der Waals surface area contributed by atoms with Crippen LogP contribution in [0.25, 0.3) is 0 Å². The number of hydrogen-bond acceptors (Lipinski definition) is 4. The molecule has 4 heteroatoms. The van der Waals surface area contributed by atoms with Gasteiger partial charge in [-0.1, -0.05) is 30.3 Å². The first-order valence-corrected chi connectivity index (χ1v) is 6.54. The molecule has 0 bridgehead atoms. The summed E-state index contributed by atoms with van der Waals surface area (Å²) in [7, 11) is 1.95. The van der Waals surface area contributed by atoms with Crippen LogP contribution >= 0.6 is 0 Å².